The van der Waals surface area contributed by atoms with Gasteiger partial charge in [0.2, 0.25) is 0 Å². The molecule has 20 heavy (non-hydrogen) atoms. The second-order valence-corrected chi connectivity index (χ2v) is 4.88. The van der Waals surface area contributed by atoms with Crippen molar-refractivity contribution in [3.63, 3.8) is 0 Å². The van der Waals surface area contributed by atoms with E-state index in [-0.39, 0.29) is 35.6 Å². The number of nitrogens with zero attached hydrogens (tertiary/aromatic N) is 2. The summed E-state index contributed by atoms with van der Waals surface area (Å²) < 4.78 is 0. The fraction of sp³-hybridized carbons (Fsp3) is 0.462. The number of amides is 1. The van der Waals surface area contributed by atoms with E-state index >= 15 is 0 Å². The van der Waals surface area contributed by atoms with Crippen molar-refractivity contribution in [1.29, 1.82) is 0 Å². The number of benzene rings is 1. The van der Waals surface area contributed by atoms with Crippen molar-refractivity contribution < 1.29 is 9.72 Å². The van der Waals surface area contributed by atoms with Crippen LogP contribution in [0.3, 0.4) is 0 Å². The first-order valence-corrected chi connectivity index (χ1v) is 6.29. The minimum atomic E-state index is -0.510. The van der Waals surface area contributed by atoms with Gasteiger partial charge in [0.05, 0.1) is 4.92 Å². The Kier molecular flexibility index (Phi) is 5.47. The molecule has 0 radical (unpaired) electrons. The van der Waals surface area contributed by atoms with Gasteiger partial charge >= 0.3 is 0 Å². The molecule has 1 aliphatic rings. The molecule has 1 amide bonds. The van der Waals surface area contributed by atoms with Gasteiger partial charge in [-0.05, 0) is 25.3 Å². The monoisotopic (exact) mass is 299 g/mol. The van der Waals surface area contributed by atoms with Gasteiger partial charge in [-0.15, -0.1) is 12.4 Å². The highest BCUT2D eigenvalue weighted by molar-refractivity contribution is 5.99. The van der Waals surface area contributed by atoms with Crippen molar-refractivity contribution in [3.05, 3.63) is 39.4 Å². The Morgan fingerprint density at radius 3 is 2.80 bits per heavy atom. The van der Waals surface area contributed by atoms with E-state index in [1.54, 1.807) is 24.0 Å². The Bertz CT molecular complexity index is 522. The zero-order chi connectivity index (χ0) is 14.0. The number of aryl methyl sites for hydroxylation is 1. The molecule has 1 unspecified atom stereocenters. The summed E-state index contributed by atoms with van der Waals surface area (Å²) in [5.74, 6) is -0.292. The predicted molar refractivity (Wildman–Crippen MR) is 78.2 cm³/mol. The molecule has 7 heteroatoms. The number of likely N-dealkylation sites (tertiary alicyclic amines) is 1. The minimum absolute atomic E-state index is 0. The number of piperidine rings is 1. The average Bonchev–Trinajstić information content (AvgIpc) is 2.37. The number of nitro benzene ring substituents is 1. The lowest BCUT2D eigenvalue weighted by molar-refractivity contribution is -0.385. The van der Waals surface area contributed by atoms with Crippen LogP contribution >= 0.6 is 12.4 Å². The van der Waals surface area contributed by atoms with Crippen LogP contribution in [-0.2, 0) is 0 Å². The number of halogens is 1. The Morgan fingerprint density at radius 2 is 2.20 bits per heavy atom. The van der Waals surface area contributed by atoms with Gasteiger partial charge < -0.3 is 10.6 Å². The van der Waals surface area contributed by atoms with Crippen LogP contribution in [0.4, 0.5) is 5.69 Å². The molecule has 0 spiro atoms. The summed E-state index contributed by atoms with van der Waals surface area (Å²) in [5, 5.41) is 11.0. The van der Waals surface area contributed by atoms with E-state index in [9.17, 15) is 14.9 Å². The lowest BCUT2D eigenvalue weighted by Gasteiger charge is -2.31. The van der Waals surface area contributed by atoms with Gasteiger partial charge in [0.15, 0.2) is 0 Å². The van der Waals surface area contributed by atoms with Gasteiger partial charge in [-0.25, -0.2) is 0 Å². The summed E-state index contributed by atoms with van der Waals surface area (Å²) in [7, 11) is 0. The Hall–Kier alpha value is -1.66. The molecule has 0 bridgehead atoms. The maximum absolute atomic E-state index is 12.5. The fourth-order valence-corrected chi connectivity index (χ4v) is 2.44. The number of rotatable bonds is 2. The zero-order valence-electron chi connectivity index (χ0n) is 11.2. The topological polar surface area (TPSA) is 89.5 Å². The lowest BCUT2D eigenvalue weighted by atomic mass is 10.0. The van der Waals surface area contributed by atoms with Gasteiger partial charge in [0.25, 0.3) is 11.6 Å². The van der Waals surface area contributed by atoms with E-state index in [0.29, 0.717) is 18.7 Å². The Balaban J connectivity index is 0.00000200. The molecule has 1 aromatic rings. The van der Waals surface area contributed by atoms with Crippen molar-refractivity contribution in [1.82, 2.24) is 4.90 Å². The summed E-state index contributed by atoms with van der Waals surface area (Å²) in [6.07, 6.45) is 1.73. The molecule has 2 N–H and O–H groups in total. The quantitative estimate of drug-likeness (QED) is 0.667. The van der Waals surface area contributed by atoms with Crippen molar-refractivity contribution >= 4 is 24.0 Å². The van der Waals surface area contributed by atoms with E-state index in [1.165, 1.54) is 6.07 Å². The van der Waals surface area contributed by atoms with Crippen LogP contribution in [0.1, 0.15) is 28.8 Å². The van der Waals surface area contributed by atoms with Crippen molar-refractivity contribution in [2.24, 2.45) is 5.73 Å². The van der Waals surface area contributed by atoms with E-state index in [2.05, 4.69) is 0 Å². The summed E-state index contributed by atoms with van der Waals surface area (Å²) in [6, 6.07) is 4.63. The molecule has 1 heterocycles. The molecule has 0 aliphatic carbocycles. The van der Waals surface area contributed by atoms with Crippen molar-refractivity contribution in [2.75, 3.05) is 13.1 Å². The first-order chi connectivity index (χ1) is 9.00. The fourth-order valence-electron chi connectivity index (χ4n) is 2.44. The van der Waals surface area contributed by atoms with Crippen molar-refractivity contribution in [3.8, 4) is 0 Å². The van der Waals surface area contributed by atoms with E-state index in [4.69, 9.17) is 5.73 Å². The van der Waals surface area contributed by atoms with Gasteiger partial charge in [-0.1, -0.05) is 12.1 Å². The third-order valence-electron chi connectivity index (χ3n) is 3.41. The molecule has 2 rings (SSSR count). The second kappa shape index (κ2) is 6.67. The number of nitrogens with two attached hydrogens (primary N) is 1. The maximum atomic E-state index is 12.5. The molecule has 0 aromatic heterocycles. The molecule has 1 saturated heterocycles. The number of nitro groups is 1. The Morgan fingerprint density at radius 1 is 1.50 bits per heavy atom. The molecule has 1 atom stereocenters. The average molecular weight is 300 g/mol. The molecule has 1 fully saturated rings. The highest BCUT2D eigenvalue weighted by Gasteiger charge is 2.28. The van der Waals surface area contributed by atoms with Crippen LogP contribution in [0.5, 0.6) is 0 Å². The van der Waals surface area contributed by atoms with Gasteiger partial charge in [-0.2, -0.15) is 0 Å². The molecule has 1 aromatic carbocycles. The zero-order valence-corrected chi connectivity index (χ0v) is 12.1. The van der Waals surface area contributed by atoms with Crippen LogP contribution in [0.2, 0.25) is 0 Å². The Labute approximate surface area is 123 Å². The third-order valence-corrected chi connectivity index (χ3v) is 3.41. The summed E-state index contributed by atoms with van der Waals surface area (Å²) >= 11 is 0. The second-order valence-electron chi connectivity index (χ2n) is 4.88. The molecule has 110 valence electrons. The molecule has 0 saturated carbocycles. The van der Waals surface area contributed by atoms with Gasteiger partial charge in [0, 0.05) is 25.2 Å². The number of carbonyl (C=O) groups excluding carboxylic acids is 1. The highest BCUT2D eigenvalue weighted by atomic mass is 35.5. The number of carbonyl (C=O) groups is 1. The summed E-state index contributed by atoms with van der Waals surface area (Å²) in [4.78, 5) is 24.6. The normalized spacial score (nSPS) is 18.3. The summed E-state index contributed by atoms with van der Waals surface area (Å²) in [6.45, 7) is 2.78. The van der Waals surface area contributed by atoms with Crippen LogP contribution < -0.4 is 5.73 Å². The molecule has 6 nitrogen and oxygen atoms in total. The molecule has 1 aliphatic heterocycles. The highest BCUT2D eigenvalue weighted by Crippen LogP contribution is 2.24. The third kappa shape index (κ3) is 3.26. The number of hydrogen-bond donors (Lipinski definition) is 1. The van der Waals surface area contributed by atoms with Crippen LogP contribution in [-0.4, -0.2) is 34.9 Å². The van der Waals surface area contributed by atoms with Crippen LogP contribution in [0, 0.1) is 17.0 Å². The molecular weight excluding hydrogens is 282 g/mol. The van der Waals surface area contributed by atoms with E-state index < -0.39 is 4.92 Å². The van der Waals surface area contributed by atoms with Crippen molar-refractivity contribution in [2.45, 2.75) is 25.8 Å². The van der Waals surface area contributed by atoms with Gasteiger partial charge in [0.1, 0.15) is 5.56 Å². The summed E-state index contributed by atoms with van der Waals surface area (Å²) in [5.41, 5.74) is 6.52. The standard InChI is InChI=1S/C13H17N3O3.ClH/c1-9-4-2-6-11(16(18)19)12(9)13(17)15-7-3-5-10(14)8-15;/h2,4,6,10H,3,5,7-8,14H2,1H3;1H. The smallest absolute Gasteiger partial charge is 0.282 e. The minimum Gasteiger partial charge on any atom is -0.337 e. The van der Waals surface area contributed by atoms with E-state index in [1.807, 2.05) is 0 Å². The van der Waals surface area contributed by atoms with Gasteiger partial charge in [-0.3, -0.25) is 14.9 Å². The first-order valence-electron chi connectivity index (χ1n) is 6.29. The number of hydrogen-bond acceptors (Lipinski definition) is 4. The van der Waals surface area contributed by atoms with Crippen LogP contribution in [0.25, 0.3) is 0 Å². The lowest BCUT2D eigenvalue weighted by Crippen LogP contribution is -2.46. The largest absolute Gasteiger partial charge is 0.337 e. The SMILES string of the molecule is Cc1cccc([N+](=O)[O-])c1C(=O)N1CCCC(N)C1.Cl. The predicted octanol–water partition coefficient (Wildman–Crippen LogP) is 1.89. The first kappa shape index (κ1) is 16.4. The maximum Gasteiger partial charge on any atom is 0.282 e. The molecular formula is C13H18ClN3O3. The van der Waals surface area contributed by atoms with Crippen LogP contribution in [0.15, 0.2) is 18.2 Å². The van der Waals surface area contributed by atoms with E-state index in [0.717, 1.165) is 12.8 Å².